The topological polar surface area (TPSA) is 80.1 Å². The Bertz CT molecular complexity index is 759. The van der Waals surface area contributed by atoms with Crippen molar-refractivity contribution in [1.82, 2.24) is 25.0 Å². The van der Waals surface area contributed by atoms with Crippen LogP contribution < -0.4 is 5.32 Å². The number of carbonyl (C=O) groups excluding carboxylic acids is 2. The SMILES string of the molecule is CCn1cnnc1CCNC(=O)C1CCC(=O)N(CCc2ccccc2)C1. The van der Waals surface area contributed by atoms with E-state index in [-0.39, 0.29) is 17.7 Å². The Hall–Kier alpha value is -2.70. The third kappa shape index (κ3) is 5.15. The molecule has 1 unspecified atom stereocenters. The lowest BCUT2D eigenvalue weighted by atomic mass is 9.96. The van der Waals surface area contributed by atoms with Crippen LogP contribution in [0.4, 0.5) is 0 Å². The van der Waals surface area contributed by atoms with Crippen molar-refractivity contribution in [2.45, 2.75) is 39.2 Å². The maximum Gasteiger partial charge on any atom is 0.224 e. The molecule has 7 heteroatoms. The van der Waals surface area contributed by atoms with E-state index in [1.807, 2.05) is 34.6 Å². The highest BCUT2D eigenvalue weighted by molar-refractivity contribution is 5.83. The van der Waals surface area contributed by atoms with E-state index in [0.717, 1.165) is 18.8 Å². The number of amides is 2. The molecule has 1 saturated heterocycles. The van der Waals surface area contributed by atoms with Crippen LogP contribution in [0.2, 0.25) is 0 Å². The molecular formula is C20H27N5O2. The molecule has 1 aromatic carbocycles. The van der Waals surface area contributed by atoms with Gasteiger partial charge in [-0.1, -0.05) is 30.3 Å². The Balaban J connectivity index is 1.46. The number of aromatic nitrogens is 3. The maximum atomic E-state index is 12.5. The Labute approximate surface area is 159 Å². The van der Waals surface area contributed by atoms with Crippen molar-refractivity contribution in [3.63, 3.8) is 0 Å². The van der Waals surface area contributed by atoms with E-state index in [9.17, 15) is 9.59 Å². The number of hydrogen-bond donors (Lipinski definition) is 1. The molecule has 0 spiro atoms. The van der Waals surface area contributed by atoms with Gasteiger partial charge in [0.1, 0.15) is 12.2 Å². The van der Waals surface area contributed by atoms with Crippen LogP contribution in [0, 0.1) is 5.92 Å². The number of hydrogen-bond acceptors (Lipinski definition) is 4. The lowest BCUT2D eigenvalue weighted by Gasteiger charge is -2.32. The number of likely N-dealkylation sites (tertiary alicyclic amines) is 1. The molecule has 1 aromatic heterocycles. The van der Waals surface area contributed by atoms with Crippen LogP contribution in [0.5, 0.6) is 0 Å². The summed E-state index contributed by atoms with van der Waals surface area (Å²) in [6.45, 7) is 4.55. The molecule has 1 fully saturated rings. The van der Waals surface area contributed by atoms with Gasteiger partial charge in [0.2, 0.25) is 11.8 Å². The molecule has 0 aliphatic carbocycles. The summed E-state index contributed by atoms with van der Waals surface area (Å²) in [5, 5.41) is 11.0. The highest BCUT2D eigenvalue weighted by Gasteiger charge is 2.29. The summed E-state index contributed by atoms with van der Waals surface area (Å²) in [6.07, 6.45) is 4.24. The number of benzene rings is 1. The van der Waals surface area contributed by atoms with Crippen molar-refractivity contribution in [2.24, 2.45) is 5.92 Å². The fourth-order valence-electron chi connectivity index (χ4n) is 3.43. The molecule has 1 N–H and O–H groups in total. The first-order valence-corrected chi connectivity index (χ1v) is 9.63. The number of piperidine rings is 1. The average Bonchev–Trinajstić information content (AvgIpc) is 3.15. The van der Waals surface area contributed by atoms with Crippen molar-refractivity contribution < 1.29 is 9.59 Å². The number of rotatable bonds is 8. The largest absolute Gasteiger partial charge is 0.355 e. The van der Waals surface area contributed by atoms with Gasteiger partial charge in [0, 0.05) is 39.0 Å². The lowest BCUT2D eigenvalue weighted by Crippen LogP contribution is -2.46. The molecule has 1 aliphatic heterocycles. The normalized spacial score (nSPS) is 17.1. The molecule has 3 rings (SSSR count). The van der Waals surface area contributed by atoms with E-state index in [4.69, 9.17) is 0 Å². The van der Waals surface area contributed by atoms with Gasteiger partial charge in [-0.15, -0.1) is 10.2 Å². The molecule has 27 heavy (non-hydrogen) atoms. The average molecular weight is 369 g/mol. The third-order valence-corrected chi connectivity index (χ3v) is 5.07. The minimum Gasteiger partial charge on any atom is -0.355 e. The van der Waals surface area contributed by atoms with Crippen LogP contribution >= 0.6 is 0 Å². The summed E-state index contributed by atoms with van der Waals surface area (Å²) in [6, 6.07) is 10.1. The summed E-state index contributed by atoms with van der Waals surface area (Å²) in [4.78, 5) is 26.5. The van der Waals surface area contributed by atoms with Crippen LogP contribution in [0.15, 0.2) is 36.7 Å². The fourth-order valence-corrected chi connectivity index (χ4v) is 3.43. The summed E-state index contributed by atoms with van der Waals surface area (Å²) >= 11 is 0. The molecule has 7 nitrogen and oxygen atoms in total. The summed E-state index contributed by atoms with van der Waals surface area (Å²) in [5.74, 6) is 0.907. The van der Waals surface area contributed by atoms with Crippen LogP contribution in [0.1, 0.15) is 31.2 Å². The molecule has 0 bridgehead atoms. The second-order valence-corrected chi connectivity index (χ2v) is 6.89. The quantitative estimate of drug-likeness (QED) is 0.763. The number of nitrogens with one attached hydrogen (secondary N) is 1. The molecule has 2 aromatic rings. The van der Waals surface area contributed by atoms with Crippen molar-refractivity contribution in [1.29, 1.82) is 0 Å². The smallest absolute Gasteiger partial charge is 0.224 e. The van der Waals surface area contributed by atoms with E-state index in [2.05, 4.69) is 27.6 Å². The molecule has 1 atom stereocenters. The van der Waals surface area contributed by atoms with E-state index < -0.39 is 0 Å². The molecular weight excluding hydrogens is 342 g/mol. The summed E-state index contributed by atoms with van der Waals surface area (Å²) < 4.78 is 1.97. The monoisotopic (exact) mass is 369 g/mol. The Morgan fingerprint density at radius 2 is 2.07 bits per heavy atom. The van der Waals surface area contributed by atoms with E-state index in [1.165, 1.54) is 5.56 Å². The van der Waals surface area contributed by atoms with E-state index in [0.29, 0.717) is 38.9 Å². The van der Waals surface area contributed by atoms with Crippen LogP contribution in [-0.2, 0) is 29.0 Å². The maximum absolute atomic E-state index is 12.5. The fraction of sp³-hybridized carbons (Fsp3) is 0.500. The zero-order chi connectivity index (χ0) is 19.1. The zero-order valence-electron chi connectivity index (χ0n) is 15.8. The molecule has 0 radical (unpaired) electrons. The predicted molar refractivity (Wildman–Crippen MR) is 102 cm³/mol. The van der Waals surface area contributed by atoms with Gasteiger partial charge in [0.05, 0.1) is 5.92 Å². The van der Waals surface area contributed by atoms with Gasteiger partial charge >= 0.3 is 0 Å². The number of nitrogens with zero attached hydrogens (tertiary/aromatic N) is 4. The predicted octanol–water partition coefficient (Wildman–Crippen LogP) is 1.44. The molecule has 1 aliphatic rings. The molecule has 2 heterocycles. The Kier molecular flexibility index (Phi) is 6.57. The van der Waals surface area contributed by atoms with Crippen molar-refractivity contribution >= 4 is 11.8 Å². The number of aryl methyl sites for hydroxylation is 1. The van der Waals surface area contributed by atoms with Gasteiger partial charge in [0.25, 0.3) is 0 Å². The second-order valence-electron chi connectivity index (χ2n) is 6.89. The zero-order valence-corrected chi connectivity index (χ0v) is 15.8. The molecule has 0 saturated carbocycles. The standard InChI is InChI=1S/C20H27N5O2/c1-2-24-15-22-23-18(24)10-12-21-20(27)17-8-9-19(26)25(14-17)13-11-16-6-4-3-5-7-16/h3-7,15,17H,2,8-14H2,1H3,(H,21,27). The lowest BCUT2D eigenvalue weighted by molar-refractivity contribution is -0.138. The summed E-state index contributed by atoms with van der Waals surface area (Å²) in [5.41, 5.74) is 1.21. The first kappa shape index (κ1) is 19.1. The van der Waals surface area contributed by atoms with Crippen LogP contribution in [0.25, 0.3) is 0 Å². The first-order valence-electron chi connectivity index (χ1n) is 9.63. The Morgan fingerprint density at radius 1 is 1.26 bits per heavy atom. The minimum atomic E-state index is -0.137. The molecule has 144 valence electrons. The van der Waals surface area contributed by atoms with Gasteiger partial charge < -0.3 is 14.8 Å². The highest BCUT2D eigenvalue weighted by atomic mass is 16.2. The minimum absolute atomic E-state index is 0.0229. The van der Waals surface area contributed by atoms with E-state index in [1.54, 1.807) is 6.33 Å². The van der Waals surface area contributed by atoms with Crippen molar-refractivity contribution in [3.05, 3.63) is 48.0 Å². The van der Waals surface area contributed by atoms with Gasteiger partial charge in [-0.05, 0) is 25.3 Å². The first-order chi connectivity index (χ1) is 13.2. The summed E-state index contributed by atoms with van der Waals surface area (Å²) in [7, 11) is 0. The number of carbonyl (C=O) groups is 2. The van der Waals surface area contributed by atoms with Crippen molar-refractivity contribution in [3.8, 4) is 0 Å². The molecule has 2 amide bonds. The van der Waals surface area contributed by atoms with Gasteiger partial charge in [-0.25, -0.2) is 0 Å². The van der Waals surface area contributed by atoms with Crippen LogP contribution in [-0.4, -0.2) is 51.1 Å². The van der Waals surface area contributed by atoms with Crippen LogP contribution in [0.3, 0.4) is 0 Å². The van der Waals surface area contributed by atoms with Gasteiger partial charge in [0.15, 0.2) is 0 Å². The van der Waals surface area contributed by atoms with Crippen molar-refractivity contribution in [2.75, 3.05) is 19.6 Å². The third-order valence-electron chi connectivity index (χ3n) is 5.07. The second kappa shape index (κ2) is 9.30. The van der Waals surface area contributed by atoms with Gasteiger partial charge in [-0.2, -0.15) is 0 Å². The highest BCUT2D eigenvalue weighted by Crippen LogP contribution is 2.18. The van der Waals surface area contributed by atoms with Gasteiger partial charge in [-0.3, -0.25) is 9.59 Å². The Morgan fingerprint density at radius 3 is 2.85 bits per heavy atom. The van der Waals surface area contributed by atoms with E-state index >= 15 is 0 Å².